The van der Waals surface area contributed by atoms with E-state index in [1.54, 1.807) is 26.1 Å². The summed E-state index contributed by atoms with van der Waals surface area (Å²) in [7, 11) is 5.33. The number of rotatable bonds is 10. The number of methoxy groups -OCH3 is 1. The first kappa shape index (κ1) is 15.4. The number of carbonyl (C=O) groups is 1. The van der Waals surface area contributed by atoms with Crippen molar-refractivity contribution >= 4 is 5.91 Å². The molecule has 0 aromatic heterocycles. The Hall–Kier alpha value is -0.610. The lowest BCUT2D eigenvalue weighted by Crippen LogP contribution is -2.23. The maximum absolute atomic E-state index is 11.2. The lowest BCUT2D eigenvalue weighted by atomic mass is 10.2. The fraction of sp³-hybridized carbons (Fsp3) is 0.917. The first-order valence-electron chi connectivity index (χ1n) is 6.08. The van der Waals surface area contributed by atoms with Crippen molar-refractivity contribution in [2.75, 3.05) is 40.9 Å². The Morgan fingerprint density at radius 2 is 1.81 bits per heavy atom. The highest BCUT2D eigenvalue weighted by Crippen LogP contribution is 1.95. The van der Waals surface area contributed by atoms with Gasteiger partial charge in [0.2, 0.25) is 5.91 Å². The van der Waals surface area contributed by atoms with Crippen LogP contribution in [0.1, 0.15) is 32.1 Å². The molecule has 0 saturated heterocycles. The van der Waals surface area contributed by atoms with E-state index in [0.29, 0.717) is 6.42 Å². The monoisotopic (exact) mass is 230 g/mol. The average Bonchev–Trinajstić information content (AvgIpc) is 2.26. The highest BCUT2D eigenvalue weighted by molar-refractivity contribution is 5.75. The second-order valence-corrected chi connectivity index (χ2v) is 4.20. The molecule has 16 heavy (non-hydrogen) atoms. The van der Waals surface area contributed by atoms with Gasteiger partial charge in [-0.2, -0.15) is 0 Å². The van der Waals surface area contributed by atoms with Crippen LogP contribution in [0.3, 0.4) is 0 Å². The van der Waals surface area contributed by atoms with Crippen LogP contribution in [0.4, 0.5) is 0 Å². The zero-order valence-corrected chi connectivity index (χ0v) is 10.9. The molecule has 0 aromatic carbocycles. The maximum Gasteiger partial charge on any atom is 0.222 e. The highest BCUT2D eigenvalue weighted by Gasteiger charge is 2.01. The SMILES string of the molecule is COCCCCCNCCCC(=O)N(C)C. The number of hydrogen-bond donors (Lipinski definition) is 1. The molecule has 0 spiro atoms. The van der Waals surface area contributed by atoms with Crippen LogP contribution in [0.5, 0.6) is 0 Å². The number of ether oxygens (including phenoxy) is 1. The van der Waals surface area contributed by atoms with Gasteiger partial charge in [-0.3, -0.25) is 4.79 Å². The number of nitrogens with zero attached hydrogens (tertiary/aromatic N) is 1. The van der Waals surface area contributed by atoms with Crippen LogP contribution >= 0.6 is 0 Å². The number of carbonyl (C=O) groups excluding carboxylic acids is 1. The summed E-state index contributed by atoms with van der Waals surface area (Å²) in [6.07, 6.45) is 5.10. The molecule has 0 fully saturated rings. The van der Waals surface area contributed by atoms with Crippen molar-refractivity contribution in [2.45, 2.75) is 32.1 Å². The van der Waals surface area contributed by atoms with Gasteiger partial charge in [-0.25, -0.2) is 0 Å². The van der Waals surface area contributed by atoms with Crippen LogP contribution in [0, 0.1) is 0 Å². The molecule has 0 saturated carbocycles. The third kappa shape index (κ3) is 9.93. The fourth-order valence-corrected chi connectivity index (χ4v) is 1.39. The van der Waals surface area contributed by atoms with E-state index >= 15 is 0 Å². The van der Waals surface area contributed by atoms with Gasteiger partial charge in [-0.05, 0) is 38.8 Å². The molecular formula is C12H26N2O2. The molecule has 96 valence electrons. The van der Waals surface area contributed by atoms with Gasteiger partial charge >= 0.3 is 0 Å². The van der Waals surface area contributed by atoms with Gasteiger partial charge in [0, 0.05) is 34.2 Å². The summed E-state index contributed by atoms with van der Waals surface area (Å²) in [6.45, 7) is 2.83. The van der Waals surface area contributed by atoms with Crippen molar-refractivity contribution < 1.29 is 9.53 Å². The van der Waals surface area contributed by atoms with Crippen LogP contribution in [-0.4, -0.2) is 51.7 Å². The molecule has 0 unspecified atom stereocenters. The van der Waals surface area contributed by atoms with E-state index < -0.39 is 0 Å². The summed E-state index contributed by atoms with van der Waals surface area (Å²) in [6, 6.07) is 0. The zero-order chi connectivity index (χ0) is 12.2. The van der Waals surface area contributed by atoms with E-state index in [4.69, 9.17) is 4.74 Å². The summed E-state index contributed by atoms with van der Waals surface area (Å²) in [5.41, 5.74) is 0. The average molecular weight is 230 g/mol. The summed E-state index contributed by atoms with van der Waals surface area (Å²) in [4.78, 5) is 12.9. The molecule has 0 radical (unpaired) electrons. The maximum atomic E-state index is 11.2. The highest BCUT2D eigenvalue weighted by atomic mass is 16.5. The van der Waals surface area contributed by atoms with E-state index in [2.05, 4.69) is 5.32 Å². The van der Waals surface area contributed by atoms with Crippen molar-refractivity contribution in [3.8, 4) is 0 Å². The molecule has 0 aromatic rings. The van der Waals surface area contributed by atoms with Crippen molar-refractivity contribution in [3.63, 3.8) is 0 Å². The van der Waals surface area contributed by atoms with Gasteiger partial charge in [0.25, 0.3) is 0 Å². The Balaban J connectivity index is 3.07. The van der Waals surface area contributed by atoms with E-state index in [0.717, 1.165) is 32.5 Å². The van der Waals surface area contributed by atoms with Crippen LogP contribution in [-0.2, 0) is 9.53 Å². The Labute approximate surface area is 99.3 Å². The number of amides is 1. The molecule has 0 aliphatic rings. The number of nitrogens with one attached hydrogen (secondary N) is 1. The number of unbranched alkanes of at least 4 members (excludes halogenated alkanes) is 2. The van der Waals surface area contributed by atoms with Gasteiger partial charge in [0.1, 0.15) is 0 Å². The van der Waals surface area contributed by atoms with Crippen molar-refractivity contribution in [1.29, 1.82) is 0 Å². The number of hydrogen-bond acceptors (Lipinski definition) is 3. The first-order valence-corrected chi connectivity index (χ1v) is 6.08. The predicted molar refractivity (Wildman–Crippen MR) is 66.5 cm³/mol. The molecule has 0 bridgehead atoms. The topological polar surface area (TPSA) is 41.6 Å². The Morgan fingerprint density at radius 3 is 2.44 bits per heavy atom. The van der Waals surface area contributed by atoms with Gasteiger partial charge in [-0.15, -0.1) is 0 Å². The van der Waals surface area contributed by atoms with Gasteiger partial charge < -0.3 is 15.0 Å². The molecule has 0 heterocycles. The van der Waals surface area contributed by atoms with E-state index in [-0.39, 0.29) is 5.91 Å². The van der Waals surface area contributed by atoms with Crippen LogP contribution in [0.2, 0.25) is 0 Å². The normalized spacial score (nSPS) is 10.4. The quantitative estimate of drug-likeness (QED) is 0.575. The van der Waals surface area contributed by atoms with Gasteiger partial charge in [0.05, 0.1) is 0 Å². The third-order valence-corrected chi connectivity index (χ3v) is 2.45. The van der Waals surface area contributed by atoms with E-state index in [9.17, 15) is 4.79 Å². The Morgan fingerprint density at radius 1 is 1.12 bits per heavy atom. The molecule has 0 aliphatic heterocycles. The lowest BCUT2D eigenvalue weighted by Gasteiger charge is -2.10. The Kier molecular flexibility index (Phi) is 10.5. The first-order chi connectivity index (χ1) is 7.68. The summed E-state index contributed by atoms with van der Waals surface area (Å²) < 4.78 is 4.97. The second-order valence-electron chi connectivity index (χ2n) is 4.20. The van der Waals surface area contributed by atoms with Crippen molar-refractivity contribution in [1.82, 2.24) is 10.2 Å². The van der Waals surface area contributed by atoms with Gasteiger partial charge in [0.15, 0.2) is 0 Å². The molecular weight excluding hydrogens is 204 g/mol. The van der Waals surface area contributed by atoms with Crippen LogP contribution in [0.15, 0.2) is 0 Å². The standard InChI is InChI=1S/C12H26N2O2/c1-14(2)12(15)8-7-10-13-9-5-4-6-11-16-3/h13H,4-11H2,1-3H3. The smallest absolute Gasteiger partial charge is 0.222 e. The van der Waals surface area contributed by atoms with Crippen LogP contribution < -0.4 is 5.32 Å². The fourth-order valence-electron chi connectivity index (χ4n) is 1.39. The minimum absolute atomic E-state index is 0.210. The minimum Gasteiger partial charge on any atom is -0.385 e. The molecule has 4 nitrogen and oxygen atoms in total. The zero-order valence-electron chi connectivity index (χ0n) is 10.9. The molecule has 0 aliphatic carbocycles. The largest absolute Gasteiger partial charge is 0.385 e. The van der Waals surface area contributed by atoms with Crippen molar-refractivity contribution in [2.24, 2.45) is 0 Å². The molecule has 1 amide bonds. The summed E-state index contributed by atoms with van der Waals surface area (Å²) in [5, 5.41) is 3.35. The molecule has 1 N–H and O–H groups in total. The van der Waals surface area contributed by atoms with Gasteiger partial charge in [-0.1, -0.05) is 0 Å². The van der Waals surface area contributed by atoms with E-state index in [1.807, 2.05) is 0 Å². The lowest BCUT2D eigenvalue weighted by molar-refractivity contribution is -0.128. The summed E-state index contributed by atoms with van der Waals surface area (Å²) >= 11 is 0. The predicted octanol–water partition coefficient (Wildman–Crippen LogP) is 1.26. The Bertz CT molecular complexity index is 172. The van der Waals surface area contributed by atoms with Crippen LogP contribution in [0.25, 0.3) is 0 Å². The molecule has 0 atom stereocenters. The van der Waals surface area contributed by atoms with Crippen molar-refractivity contribution in [3.05, 3.63) is 0 Å². The summed E-state index contributed by atoms with van der Waals surface area (Å²) in [5.74, 6) is 0.210. The van der Waals surface area contributed by atoms with E-state index in [1.165, 1.54) is 12.8 Å². The minimum atomic E-state index is 0.210. The second kappa shape index (κ2) is 10.9. The third-order valence-electron chi connectivity index (χ3n) is 2.45. The molecule has 0 rings (SSSR count). The molecule has 4 heteroatoms.